The molecule has 0 amide bonds. The van der Waals surface area contributed by atoms with E-state index < -0.39 is 0 Å². The van der Waals surface area contributed by atoms with E-state index in [9.17, 15) is 0 Å². The summed E-state index contributed by atoms with van der Waals surface area (Å²) in [5.41, 5.74) is 3.06. The molecule has 2 heterocycles. The first-order chi connectivity index (χ1) is 9.28. The molecule has 3 rings (SSSR count). The molecule has 0 bridgehead atoms. The minimum absolute atomic E-state index is 0.602. The van der Waals surface area contributed by atoms with E-state index in [1.165, 1.54) is 0 Å². The lowest BCUT2D eigenvalue weighted by Crippen LogP contribution is -2.15. The van der Waals surface area contributed by atoms with Crippen LogP contribution in [0.4, 0.5) is 5.69 Å². The summed E-state index contributed by atoms with van der Waals surface area (Å²) < 4.78 is 11.2. The molecule has 2 aromatic rings. The van der Waals surface area contributed by atoms with Crippen molar-refractivity contribution in [3.05, 3.63) is 23.9 Å². The summed E-state index contributed by atoms with van der Waals surface area (Å²) >= 11 is 0. The molecule has 4 heteroatoms. The fraction of sp³-hybridized carbons (Fsp3) is 0.400. The van der Waals surface area contributed by atoms with Gasteiger partial charge in [-0.05, 0) is 25.5 Å². The highest BCUT2D eigenvalue weighted by molar-refractivity contribution is 5.94. The molecule has 0 spiro atoms. The fourth-order valence-corrected chi connectivity index (χ4v) is 2.30. The molecule has 1 aliphatic heterocycles. The molecule has 1 N–H and O–H groups in total. The zero-order valence-corrected chi connectivity index (χ0v) is 11.3. The number of anilines is 1. The van der Waals surface area contributed by atoms with Gasteiger partial charge in [0, 0.05) is 29.4 Å². The summed E-state index contributed by atoms with van der Waals surface area (Å²) in [5, 5.41) is 4.53. The van der Waals surface area contributed by atoms with Crippen molar-refractivity contribution in [1.29, 1.82) is 0 Å². The number of rotatable bonds is 3. The second kappa shape index (κ2) is 4.96. The van der Waals surface area contributed by atoms with E-state index >= 15 is 0 Å². The van der Waals surface area contributed by atoms with Crippen molar-refractivity contribution < 1.29 is 9.47 Å². The van der Waals surface area contributed by atoms with Crippen LogP contribution in [0.5, 0.6) is 11.5 Å². The summed E-state index contributed by atoms with van der Waals surface area (Å²) in [5.74, 6) is 1.60. The summed E-state index contributed by atoms with van der Waals surface area (Å²) in [7, 11) is 0. The highest BCUT2D eigenvalue weighted by Crippen LogP contribution is 2.36. The lowest BCUT2D eigenvalue weighted by atomic mass is 10.1. The van der Waals surface area contributed by atoms with Crippen molar-refractivity contribution in [2.75, 3.05) is 25.1 Å². The van der Waals surface area contributed by atoms with Crippen LogP contribution in [0.3, 0.4) is 0 Å². The van der Waals surface area contributed by atoms with E-state index in [0.717, 1.165) is 46.7 Å². The second-order valence-electron chi connectivity index (χ2n) is 4.75. The summed E-state index contributed by atoms with van der Waals surface area (Å²) in [4.78, 5) is 4.58. The fourth-order valence-electron chi connectivity index (χ4n) is 2.30. The molecule has 0 fully saturated rings. The average Bonchev–Trinajstić information content (AvgIpc) is 2.42. The van der Waals surface area contributed by atoms with Gasteiger partial charge in [-0.25, -0.2) is 0 Å². The largest absolute Gasteiger partial charge is 0.486 e. The van der Waals surface area contributed by atoms with Gasteiger partial charge < -0.3 is 14.8 Å². The maximum atomic E-state index is 5.64. The lowest BCUT2D eigenvalue weighted by molar-refractivity contribution is 0.172. The van der Waals surface area contributed by atoms with Gasteiger partial charge in [-0.15, -0.1) is 0 Å². The Morgan fingerprint density at radius 2 is 1.89 bits per heavy atom. The van der Waals surface area contributed by atoms with Crippen LogP contribution in [0.15, 0.2) is 18.2 Å². The Kier molecular flexibility index (Phi) is 3.15. The summed E-state index contributed by atoms with van der Waals surface area (Å²) in [6, 6.07) is 6.07. The number of aryl methyl sites for hydroxylation is 1. The van der Waals surface area contributed by atoms with Crippen molar-refractivity contribution in [3.8, 4) is 11.5 Å². The quantitative estimate of drug-likeness (QED) is 0.918. The first-order valence-corrected chi connectivity index (χ1v) is 6.73. The Morgan fingerprint density at radius 1 is 1.16 bits per heavy atom. The van der Waals surface area contributed by atoms with Crippen LogP contribution >= 0.6 is 0 Å². The minimum atomic E-state index is 0.602. The molecular formula is C15H18N2O2. The predicted octanol–water partition coefficient (Wildman–Crippen LogP) is 3.14. The van der Waals surface area contributed by atoms with Crippen LogP contribution in [0.2, 0.25) is 0 Å². The number of nitrogens with one attached hydrogen (secondary N) is 1. The average molecular weight is 258 g/mol. The van der Waals surface area contributed by atoms with Gasteiger partial charge in [0.1, 0.15) is 13.2 Å². The number of pyridine rings is 1. The Balaban J connectivity index is 2.14. The first kappa shape index (κ1) is 12.1. The molecule has 0 radical (unpaired) electrons. The van der Waals surface area contributed by atoms with Gasteiger partial charge in [-0.1, -0.05) is 6.92 Å². The Labute approximate surface area is 112 Å². The van der Waals surface area contributed by atoms with Crippen LogP contribution in [0.1, 0.15) is 19.0 Å². The number of fused-ring (bicyclic) bond motifs is 2. The van der Waals surface area contributed by atoms with Crippen molar-refractivity contribution in [1.82, 2.24) is 4.98 Å². The molecular weight excluding hydrogens is 240 g/mol. The smallest absolute Gasteiger partial charge is 0.163 e. The van der Waals surface area contributed by atoms with Crippen molar-refractivity contribution in [2.24, 2.45) is 0 Å². The van der Waals surface area contributed by atoms with Crippen LogP contribution in [-0.4, -0.2) is 24.7 Å². The normalized spacial score (nSPS) is 13.6. The monoisotopic (exact) mass is 258 g/mol. The van der Waals surface area contributed by atoms with Crippen LogP contribution in [-0.2, 0) is 0 Å². The molecule has 19 heavy (non-hydrogen) atoms. The van der Waals surface area contributed by atoms with E-state index in [-0.39, 0.29) is 0 Å². The first-order valence-electron chi connectivity index (χ1n) is 6.73. The topological polar surface area (TPSA) is 43.4 Å². The maximum Gasteiger partial charge on any atom is 0.163 e. The maximum absolute atomic E-state index is 5.64. The van der Waals surface area contributed by atoms with Crippen LogP contribution in [0.25, 0.3) is 10.9 Å². The van der Waals surface area contributed by atoms with Gasteiger partial charge in [0.25, 0.3) is 0 Å². The predicted molar refractivity (Wildman–Crippen MR) is 76.3 cm³/mol. The standard InChI is InChI=1S/C15H18N2O2/c1-3-4-16-12-7-10(2)17-13-9-15-14(8-11(12)13)18-5-6-19-15/h7-9H,3-6H2,1-2H3,(H,16,17). The van der Waals surface area contributed by atoms with Crippen molar-refractivity contribution in [3.63, 3.8) is 0 Å². The van der Waals surface area contributed by atoms with E-state index in [1.54, 1.807) is 0 Å². The molecule has 0 atom stereocenters. The zero-order chi connectivity index (χ0) is 13.2. The zero-order valence-electron chi connectivity index (χ0n) is 11.3. The SMILES string of the molecule is CCCNc1cc(C)nc2cc3c(cc12)OCCO3. The third kappa shape index (κ3) is 2.30. The molecule has 1 aliphatic rings. The number of benzene rings is 1. The third-order valence-electron chi connectivity index (χ3n) is 3.17. The van der Waals surface area contributed by atoms with E-state index in [4.69, 9.17) is 9.47 Å². The van der Waals surface area contributed by atoms with Gasteiger partial charge in [0.2, 0.25) is 0 Å². The molecule has 1 aromatic heterocycles. The van der Waals surface area contributed by atoms with E-state index in [2.05, 4.69) is 23.3 Å². The van der Waals surface area contributed by atoms with Gasteiger partial charge in [0.05, 0.1) is 5.52 Å². The number of nitrogens with zero attached hydrogens (tertiary/aromatic N) is 1. The molecule has 1 aromatic carbocycles. The molecule has 0 saturated carbocycles. The van der Waals surface area contributed by atoms with Crippen LogP contribution in [0, 0.1) is 6.92 Å². The lowest BCUT2D eigenvalue weighted by Gasteiger charge is -2.19. The van der Waals surface area contributed by atoms with Crippen LogP contribution < -0.4 is 14.8 Å². The van der Waals surface area contributed by atoms with Gasteiger partial charge in [-0.2, -0.15) is 0 Å². The number of hydrogen-bond donors (Lipinski definition) is 1. The molecule has 0 saturated heterocycles. The minimum Gasteiger partial charge on any atom is -0.486 e. The molecule has 4 nitrogen and oxygen atoms in total. The number of aromatic nitrogens is 1. The van der Waals surface area contributed by atoms with Crippen molar-refractivity contribution >= 4 is 16.6 Å². The molecule has 0 unspecified atom stereocenters. The van der Waals surface area contributed by atoms with Gasteiger partial charge >= 0.3 is 0 Å². The van der Waals surface area contributed by atoms with E-state index in [1.807, 2.05) is 19.1 Å². The van der Waals surface area contributed by atoms with Gasteiger partial charge in [-0.3, -0.25) is 4.98 Å². The molecule has 100 valence electrons. The second-order valence-corrected chi connectivity index (χ2v) is 4.75. The third-order valence-corrected chi connectivity index (χ3v) is 3.17. The van der Waals surface area contributed by atoms with E-state index in [0.29, 0.717) is 13.2 Å². The number of hydrogen-bond acceptors (Lipinski definition) is 4. The Morgan fingerprint density at radius 3 is 2.63 bits per heavy atom. The summed E-state index contributed by atoms with van der Waals surface area (Å²) in [6.45, 7) is 6.32. The Hall–Kier alpha value is -1.97. The molecule has 0 aliphatic carbocycles. The summed E-state index contributed by atoms with van der Waals surface area (Å²) in [6.07, 6.45) is 1.09. The highest BCUT2D eigenvalue weighted by Gasteiger charge is 2.15. The van der Waals surface area contributed by atoms with Crippen molar-refractivity contribution in [2.45, 2.75) is 20.3 Å². The highest BCUT2D eigenvalue weighted by atomic mass is 16.6. The van der Waals surface area contributed by atoms with Gasteiger partial charge in [0.15, 0.2) is 11.5 Å². The Bertz CT molecular complexity index is 611. The number of ether oxygens (including phenoxy) is 2.